The summed E-state index contributed by atoms with van der Waals surface area (Å²) < 4.78 is 13.3. The van der Waals surface area contributed by atoms with Gasteiger partial charge in [-0.1, -0.05) is 62.7 Å². The SMILES string of the molecule is CCC[C@H]1O[C@@H]2CC3C4CCC5=CC(=O)C=CC5(C)C4C(O)CC3(C)[C@]2(C(=O)CSc2nc3ccccc3[nH]2)O1. The Balaban J connectivity index is 1.22. The molecule has 1 saturated heterocycles. The fraction of sp³-hybridized carbons (Fsp3) is 0.594. The number of nitrogens with zero attached hydrogens (tertiary/aromatic N) is 1. The number of hydrogen-bond donors (Lipinski definition) is 2. The van der Waals surface area contributed by atoms with Crippen LogP contribution >= 0.6 is 11.8 Å². The number of ketones is 2. The van der Waals surface area contributed by atoms with Gasteiger partial charge in [0.15, 0.2) is 28.6 Å². The van der Waals surface area contributed by atoms with Crippen LogP contribution in [0.25, 0.3) is 11.0 Å². The predicted molar refractivity (Wildman–Crippen MR) is 153 cm³/mol. The molecule has 7 nitrogen and oxygen atoms in total. The second-order valence-corrected chi connectivity index (χ2v) is 13.9. The zero-order chi connectivity index (χ0) is 27.9. The zero-order valence-electron chi connectivity index (χ0n) is 23.4. The Labute approximate surface area is 239 Å². The van der Waals surface area contributed by atoms with Crippen molar-refractivity contribution in [3.8, 4) is 0 Å². The van der Waals surface area contributed by atoms with Crippen LogP contribution in [0.15, 0.2) is 53.2 Å². The van der Waals surface area contributed by atoms with Gasteiger partial charge in [0.2, 0.25) is 0 Å². The van der Waals surface area contributed by atoms with E-state index in [1.54, 1.807) is 12.2 Å². The standard InChI is InChI=1S/C32H38N2O5S/c1-4-7-27-38-26-15-21-20-11-10-18-14-19(35)12-13-30(18,2)28(20)24(36)16-31(21,3)32(26,39-27)25(37)17-40-29-33-22-8-5-6-9-23(22)34-29/h5-6,8-9,12-14,20-21,24,26-28,36H,4,7,10-11,15-17H2,1-3H3,(H,33,34)/t20?,21?,24?,26-,27+,28?,30?,31?,32-/m1/s1. The molecule has 2 N–H and O–H groups in total. The summed E-state index contributed by atoms with van der Waals surface area (Å²) in [5.41, 5.74) is 0.949. The molecule has 5 aliphatic rings. The van der Waals surface area contributed by atoms with Crippen molar-refractivity contribution in [2.24, 2.45) is 28.6 Å². The second kappa shape index (κ2) is 9.38. The lowest BCUT2D eigenvalue weighted by molar-refractivity contribution is -0.197. The number of aliphatic hydroxyl groups excluding tert-OH is 1. The van der Waals surface area contributed by atoms with Crippen LogP contribution in [-0.4, -0.2) is 56.5 Å². The number of hydrogen-bond acceptors (Lipinski definition) is 7. The third-order valence-corrected chi connectivity index (χ3v) is 11.8. The molecule has 0 bridgehead atoms. The predicted octanol–water partition coefficient (Wildman–Crippen LogP) is 5.39. The lowest BCUT2D eigenvalue weighted by Gasteiger charge is -2.59. The average molecular weight is 563 g/mol. The van der Waals surface area contributed by atoms with Crippen molar-refractivity contribution in [2.45, 2.75) is 88.6 Å². The minimum Gasteiger partial charge on any atom is -0.393 e. The third-order valence-electron chi connectivity index (χ3n) is 10.9. The summed E-state index contributed by atoms with van der Waals surface area (Å²) in [7, 11) is 0. The van der Waals surface area contributed by atoms with Gasteiger partial charge in [0.05, 0.1) is 29.0 Å². The molecule has 4 aliphatic carbocycles. The molecule has 9 atom stereocenters. The van der Waals surface area contributed by atoms with Crippen LogP contribution in [0.1, 0.15) is 59.3 Å². The highest BCUT2D eigenvalue weighted by atomic mass is 32.2. The molecule has 1 aromatic carbocycles. The Hall–Kier alpha value is -2.26. The van der Waals surface area contributed by atoms with E-state index in [2.05, 4.69) is 30.7 Å². The van der Waals surface area contributed by atoms with Crippen LogP contribution < -0.4 is 0 Å². The third kappa shape index (κ3) is 3.65. The normalized spacial score (nSPS) is 41.8. The van der Waals surface area contributed by atoms with Crippen LogP contribution in [0.3, 0.4) is 0 Å². The summed E-state index contributed by atoms with van der Waals surface area (Å²) in [5, 5.41) is 12.6. The van der Waals surface area contributed by atoms with E-state index in [0.29, 0.717) is 11.6 Å². The van der Waals surface area contributed by atoms with Crippen LogP contribution in [0.4, 0.5) is 0 Å². The Bertz CT molecular complexity index is 1400. The van der Waals surface area contributed by atoms with Gasteiger partial charge in [0.1, 0.15) is 0 Å². The monoisotopic (exact) mass is 562 g/mol. The van der Waals surface area contributed by atoms with E-state index in [1.165, 1.54) is 11.8 Å². The molecular formula is C32H38N2O5S. The van der Waals surface area contributed by atoms with Crippen LogP contribution in [-0.2, 0) is 19.1 Å². The number of carbonyl (C=O) groups excluding carboxylic acids is 2. The number of carbonyl (C=O) groups is 2. The number of aromatic nitrogens is 2. The highest BCUT2D eigenvalue weighted by Crippen LogP contribution is 2.69. The van der Waals surface area contributed by atoms with Gasteiger partial charge >= 0.3 is 0 Å². The number of ether oxygens (including phenoxy) is 2. The number of Topliss-reactive ketones (excluding diaryl/α,β-unsaturated/α-hetero) is 1. The van der Waals surface area contributed by atoms with Crippen LogP contribution in [0.5, 0.6) is 0 Å². The van der Waals surface area contributed by atoms with E-state index in [-0.39, 0.29) is 46.6 Å². The van der Waals surface area contributed by atoms with E-state index in [1.807, 2.05) is 30.3 Å². The Morgan fingerprint density at radius 3 is 2.90 bits per heavy atom. The summed E-state index contributed by atoms with van der Waals surface area (Å²) in [5.74, 6) is 0.675. The Morgan fingerprint density at radius 2 is 2.10 bits per heavy atom. The molecule has 0 radical (unpaired) electrons. The Morgan fingerprint density at radius 1 is 1.27 bits per heavy atom. The summed E-state index contributed by atoms with van der Waals surface area (Å²) in [6.45, 7) is 6.45. The maximum Gasteiger partial charge on any atom is 0.178 e. The maximum atomic E-state index is 14.4. The van der Waals surface area contributed by atoms with Crippen LogP contribution in [0, 0.1) is 28.6 Å². The Kier molecular flexibility index (Phi) is 6.24. The summed E-state index contributed by atoms with van der Waals surface area (Å²) in [4.78, 5) is 34.6. The second-order valence-electron chi connectivity index (χ2n) is 12.9. The van der Waals surface area contributed by atoms with E-state index < -0.39 is 23.4 Å². The van der Waals surface area contributed by atoms with Crippen molar-refractivity contribution in [1.29, 1.82) is 0 Å². The number of para-hydroxylation sites is 2. The number of nitrogens with one attached hydrogen (secondary N) is 1. The molecule has 2 aromatic rings. The molecule has 6 unspecified atom stereocenters. The smallest absolute Gasteiger partial charge is 0.178 e. The molecule has 40 heavy (non-hydrogen) atoms. The fourth-order valence-electron chi connectivity index (χ4n) is 9.24. The number of rotatable bonds is 6. The number of aliphatic hydroxyl groups is 1. The number of thioether (sulfide) groups is 1. The molecule has 212 valence electrons. The number of fused-ring (bicyclic) bond motifs is 8. The maximum absolute atomic E-state index is 14.4. The van der Waals surface area contributed by atoms with Crippen molar-refractivity contribution < 1.29 is 24.2 Å². The van der Waals surface area contributed by atoms with E-state index >= 15 is 0 Å². The molecule has 0 amide bonds. The van der Waals surface area contributed by atoms with Gasteiger partial charge in [-0.3, -0.25) is 9.59 Å². The highest BCUT2D eigenvalue weighted by molar-refractivity contribution is 7.99. The molecule has 1 aliphatic heterocycles. The minimum absolute atomic E-state index is 0.00253. The van der Waals surface area contributed by atoms with Crippen molar-refractivity contribution >= 4 is 34.4 Å². The van der Waals surface area contributed by atoms with Gasteiger partial charge in [-0.2, -0.15) is 0 Å². The molecular weight excluding hydrogens is 524 g/mol. The van der Waals surface area contributed by atoms with Crippen molar-refractivity contribution in [1.82, 2.24) is 9.97 Å². The number of H-pyrrole nitrogens is 1. The van der Waals surface area contributed by atoms with E-state index in [0.717, 1.165) is 48.7 Å². The summed E-state index contributed by atoms with van der Waals surface area (Å²) >= 11 is 1.41. The van der Waals surface area contributed by atoms with Gasteiger partial charge in [-0.05, 0) is 68.2 Å². The molecule has 7 rings (SSSR count). The lowest BCUT2D eigenvalue weighted by atomic mass is 9.46. The van der Waals surface area contributed by atoms with Crippen molar-refractivity contribution in [3.05, 3.63) is 48.1 Å². The summed E-state index contributed by atoms with van der Waals surface area (Å²) in [6.07, 6.45) is 8.72. The topological polar surface area (TPSA) is 102 Å². The van der Waals surface area contributed by atoms with E-state index in [9.17, 15) is 14.7 Å². The number of aromatic amines is 1. The highest BCUT2D eigenvalue weighted by Gasteiger charge is 2.75. The van der Waals surface area contributed by atoms with Gasteiger partial charge in [0.25, 0.3) is 0 Å². The fourth-order valence-corrected chi connectivity index (χ4v) is 10.1. The van der Waals surface area contributed by atoms with Crippen molar-refractivity contribution in [3.63, 3.8) is 0 Å². The largest absolute Gasteiger partial charge is 0.393 e. The number of imidazole rings is 1. The molecule has 3 saturated carbocycles. The minimum atomic E-state index is -1.10. The zero-order valence-corrected chi connectivity index (χ0v) is 24.2. The van der Waals surface area contributed by atoms with Crippen LogP contribution in [0.2, 0.25) is 0 Å². The number of allylic oxidation sites excluding steroid dienone is 4. The first-order chi connectivity index (χ1) is 19.2. The van der Waals surface area contributed by atoms with Gasteiger partial charge in [0, 0.05) is 16.7 Å². The van der Waals surface area contributed by atoms with Gasteiger partial charge < -0.3 is 19.6 Å². The molecule has 4 fully saturated rings. The van der Waals surface area contributed by atoms with Gasteiger partial charge in [-0.25, -0.2) is 4.98 Å². The van der Waals surface area contributed by atoms with Gasteiger partial charge in [-0.15, -0.1) is 0 Å². The first-order valence-corrected chi connectivity index (χ1v) is 15.7. The van der Waals surface area contributed by atoms with Crippen molar-refractivity contribution in [2.75, 3.05) is 5.75 Å². The summed E-state index contributed by atoms with van der Waals surface area (Å²) in [6, 6.07) is 7.86. The van der Waals surface area contributed by atoms with E-state index in [4.69, 9.17) is 9.47 Å². The molecule has 8 heteroatoms. The molecule has 0 spiro atoms. The quantitative estimate of drug-likeness (QED) is 0.455. The molecule has 2 heterocycles. The first-order valence-electron chi connectivity index (χ1n) is 14.8. The molecule has 1 aromatic heterocycles. The number of benzene rings is 1. The first kappa shape index (κ1) is 26.6. The average Bonchev–Trinajstić information content (AvgIpc) is 3.57. The lowest BCUT2D eigenvalue weighted by Crippen LogP contribution is -2.63.